The highest BCUT2D eigenvalue weighted by Crippen LogP contribution is 2.21. The van der Waals surface area contributed by atoms with Crippen LogP contribution in [-0.2, 0) is 9.59 Å². The highest BCUT2D eigenvalue weighted by molar-refractivity contribution is 5.84. The van der Waals surface area contributed by atoms with Crippen LogP contribution in [0.3, 0.4) is 0 Å². The van der Waals surface area contributed by atoms with Crippen LogP contribution in [0.4, 0.5) is 0 Å². The molecule has 0 aliphatic carbocycles. The smallest absolute Gasteiger partial charge is 0.237 e. The van der Waals surface area contributed by atoms with Crippen LogP contribution in [-0.4, -0.2) is 59.0 Å². The van der Waals surface area contributed by atoms with Crippen molar-refractivity contribution >= 4 is 11.8 Å². The summed E-state index contributed by atoms with van der Waals surface area (Å²) in [5, 5.41) is 9.79. The zero-order valence-electron chi connectivity index (χ0n) is 18.9. The van der Waals surface area contributed by atoms with Crippen molar-refractivity contribution in [2.45, 2.75) is 104 Å². The molecule has 0 aromatic rings. The summed E-state index contributed by atoms with van der Waals surface area (Å²) in [5.74, 6) is 0.401. The minimum absolute atomic E-state index is 0.000479. The highest BCUT2D eigenvalue weighted by atomic mass is 16.2. The van der Waals surface area contributed by atoms with E-state index in [4.69, 9.17) is 0 Å². The number of rotatable bonds is 7. The summed E-state index contributed by atoms with van der Waals surface area (Å²) in [6, 6.07) is 0.0833. The van der Waals surface area contributed by atoms with Gasteiger partial charge in [-0.3, -0.25) is 14.5 Å². The Bertz CT molecular complexity index is 505. The Hall–Kier alpha value is -1.14. The molecule has 1 aliphatic rings. The lowest BCUT2D eigenvalue weighted by molar-refractivity contribution is -0.129. The number of amides is 2. The van der Waals surface area contributed by atoms with Crippen molar-refractivity contribution in [2.75, 3.05) is 13.1 Å². The van der Waals surface area contributed by atoms with Gasteiger partial charge in [0.1, 0.15) is 0 Å². The van der Waals surface area contributed by atoms with E-state index in [-0.39, 0.29) is 47.6 Å². The van der Waals surface area contributed by atoms with Gasteiger partial charge in [0.15, 0.2) is 0 Å². The Kier molecular flexibility index (Phi) is 8.30. The Balaban J connectivity index is 2.84. The first-order valence-corrected chi connectivity index (χ1v) is 10.3. The molecule has 3 atom stereocenters. The quantitative estimate of drug-likeness (QED) is 0.632. The van der Waals surface area contributed by atoms with Gasteiger partial charge in [-0.25, -0.2) is 0 Å². The Morgan fingerprint density at radius 1 is 1.07 bits per heavy atom. The van der Waals surface area contributed by atoms with E-state index in [0.29, 0.717) is 18.9 Å². The molecule has 1 rings (SSSR count). The van der Waals surface area contributed by atoms with Crippen LogP contribution < -0.4 is 16.0 Å². The fourth-order valence-corrected chi connectivity index (χ4v) is 3.70. The first-order valence-electron chi connectivity index (χ1n) is 10.3. The number of hydrogen-bond donors (Lipinski definition) is 3. The Morgan fingerprint density at radius 3 is 2.11 bits per heavy atom. The molecule has 2 amide bonds. The van der Waals surface area contributed by atoms with Crippen LogP contribution in [0.1, 0.15) is 75.2 Å². The normalized spacial score (nSPS) is 22.7. The molecule has 27 heavy (non-hydrogen) atoms. The van der Waals surface area contributed by atoms with E-state index in [1.807, 2.05) is 25.7 Å². The van der Waals surface area contributed by atoms with Gasteiger partial charge >= 0.3 is 0 Å². The second kappa shape index (κ2) is 9.37. The SMILES string of the molecule is CCC(NC(=O)CN1CC(NC(C)(C)C)CC1C(=O)NC(C)(C)C)C(C)C. The van der Waals surface area contributed by atoms with Gasteiger partial charge in [0.25, 0.3) is 0 Å². The fraction of sp³-hybridized carbons (Fsp3) is 0.905. The number of carbonyl (C=O) groups excluding carboxylic acids is 2. The molecule has 0 spiro atoms. The summed E-state index contributed by atoms with van der Waals surface area (Å²) in [5.41, 5.74) is -0.315. The lowest BCUT2D eigenvalue weighted by Crippen LogP contribution is -2.52. The van der Waals surface area contributed by atoms with Crippen molar-refractivity contribution in [1.82, 2.24) is 20.9 Å². The standard InChI is InChI=1S/C21H42N4O2/c1-10-16(14(2)3)22-18(26)13-25-12-15(23-20(4,5)6)11-17(25)19(27)24-21(7,8)9/h14-17,23H,10-13H2,1-9H3,(H,22,26)(H,24,27). The largest absolute Gasteiger partial charge is 0.352 e. The molecule has 3 N–H and O–H groups in total. The molecule has 6 nitrogen and oxygen atoms in total. The van der Waals surface area contributed by atoms with Crippen LogP contribution in [0.25, 0.3) is 0 Å². The predicted molar refractivity (Wildman–Crippen MR) is 112 cm³/mol. The van der Waals surface area contributed by atoms with E-state index in [1.165, 1.54) is 0 Å². The van der Waals surface area contributed by atoms with Crippen LogP contribution in [0.15, 0.2) is 0 Å². The van der Waals surface area contributed by atoms with Crippen molar-refractivity contribution in [3.63, 3.8) is 0 Å². The first-order chi connectivity index (χ1) is 12.2. The average molecular weight is 383 g/mol. The van der Waals surface area contributed by atoms with Crippen molar-refractivity contribution in [1.29, 1.82) is 0 Å². The van der Waals surface area contributed by atoms with Crippen molar-refractivity contribution in [3.8, 4) is 0 Å². The van der Waals surface area contributed by atoms with Crippen LogP contribution in [0.2, 0.25) is 0 Å². The van der Waals surface area contributed by atoms with E-state index in [0.717, 1.165) is 6.42 Å². The lowest BCUT2D eigenvalue weighted by Gasteiger charge is -2.28. The molecule has 158 valence electrons. The zero-order valence-corrected chi connectivity index (χ0v) is 18.9. The third-order valence-electron chi connectivity index (χ3n) is 4.78. The van der Waals surface area contributed by atoms with E-state index in [1.54, 1.807) is 0 Å². The summed E-state index contributed by atoms with van der Waals surface area (Å²) in [6.07, 6.45) is 1.62. The maximum absolute atomic E-state index is 12.8. The fourth-order valence-electron chi connectivity index (χ4n) is 3.70. The summed E-state index contributed by atoms with van der Waals surface area (Å²) >= 11 is 0. The van der Waals surface area contributed by atoms with Gasteiger partial charge in [-0.15, -0.1) is 0 Å². The van der Waals surface area contributed by atoms with Gasteiger partial charge in [0.2, 0.25) is 11.8 Å². The minimum Gasteiger partial charge on any atom is -0.352 e. The molecule has 0 bridgehead atoms. The maximum Gasteiger partial charge on any atom is 0.237 e. The average Bonchev–Trinajstić information content (AvgIpc) is 2.82. The third kappa shape index (κ3) is 8.60. The van der Waals surface area contributed by atoms with Gasteiger partial charge in [-0.1, -0.05) is 20.8 Å². The summed E-state index contributed by atoms with van der Waals surface area (Å²) in [7, 11) is 0. The Morgan fingerprint density at radius 2 is 1.67 bits per heavy atom. The van der Waals surface area contributed by atoms with Gasteiger partial charge in [0.05, 0.1) is 12.6 Å². The molecular weight excluding hydrogens is 340 g/mol. The molecule has 0 radical (unpaired) electrons. The number of likely N-dealkylation sites (tertiary alicyclic amines) is 1. The van der Waals surface area contributed by atoms with Crippen LogP contribution in [0, 0.1) is 5.92 Å². The number of nitrogens with one attached hydrogen (secondary N) is 3. The monoisotopic (exact) mass is 382 g/mol. The van der Waals surface area contributed by atoms with Crippen molar-refractivity contribution < 1.29 is 9.59 Å². The van der Waals surface area contributed by atoms with Crippen molar-refractivity contribution in [2.24, 2.45) is 5.92 Å². The molecule has 0 saturated carbocycles. The second-order valence-corrected chi connectivity index (χ2v) is 10.3. The minimum atomic E-state index is -0.286. The van der Waals surface area contributed by atoms with Gasteiger partial charge < -0.3 is 16.0 Å². The van der Waals surface area contributed by atoms with E-state index < -0.39 is 0 Å². The second-order valence-electron chi connectivity index (χ2n) is 10.3. The topological polar surface area (TPSA) is 73.5 Å². The Labute approximate surface area is 166 Å². The van der Waals surface area contributed by atoms with Crippen LogP contribution in [0.5, 0.6) is 0 Å². The predicted octanol–water partition coefficient (Wildman–Crippen LogP) is 2.28. The zero-order chi connectivity index (χ0) is 21.0. The first kappa shape index (κ1) is 23.9. The number of hydrogen-bond acceptors (Lipinski definition) is 4. The van der Waals surface area contributed by atoms with Crippen molar-refractivity contribution in [3.05, 3.63) is 0 Å². The molecule has 1 saturated heterocycles. The molecule has 0 aromatic heterocycles. The molecule has 1 aliphatic heterocycles. The van der Waals surface area contributed by atoms with Crippen LogP contribution >= 0.6 is 0 Å². The third-order valence-corrected chi connectivity index (χ3v) is 4.78. The molecule has 3 unspecified atom stereocenters. The molecule has 1 fully saturated rings. The maximum atomic E-state index is 12.8. The summed E-state index contributed by atoms with van der Waals surface area (Å²) < 4.78 is 0. The van der Waals surface area contributed by atoms with Gasteiger partial charge in [-0.2, -0.15) is 0 Å². The number of carbonyl (C=O) groups is 2. The van der Waals surface area contributed by atoms with Gasteiger partial charge in [-0.05, 0) is 60.3 Å². The van der Waals surface area contributed by atoms with E-state index >= 15 is 0 Å². The lowest BCUT2D eigenvalue weighted by atomic mass is 10.0. The molecule has 0 aromatic carbocycles. The summed E-state index contributed by atoms with van der Waals surface area (Å²) in [4.78, 5) is 27.5. The van der Waals surface area contributed by atoms with Gasteiger partial charge in [0, 0.05) is 29.7 Å². The highest BCUT2D eigenvalue weighted by Gasteiger charge is 2.39. The van der Waals surface area contributed by atoms with E-state index in [9.17, 15) is 9.59 Å². The summed E-state index contributed by atoms with van der Waals surface area (Å²) in [6.45, 7) is 19.6. The molecular formula is C21H42N4O2. The molecule has 1 heterocycles. The van der Waals surface area contributed by atoms with E-state index in [2.05, 4.69) is 57.5 Å². The molecule has 6 heteroatoms. The number of nitrogens with zero attached hydrogens (tertiary/aromatic N) is 1.